The van der Waals surface area contributed by atoms with Gasteiger partial charge in [-0.15, -0.1) is 13.2 Å². The van der Waals surface area contributed by atoms with E-state index in [2.05, 4.69) is 23.9 Å². The lowest BCUT2D eigenvalue weighted by atomic mass is 10.1. The number of ether oxygens (including phenoxy) is 1. The fourth-order valence-electron chi connectivity index (χ4n) is 1.60. The van der Waals surface area contributed by atoms with Crippen LogP contribution >= 0.6 is 0 Å². The second-order valence-electron chi connectivity index (χ2n) is 4.31. The summed E-state index contributed by atoms with van der Waals surface area (Å²) in [5.41, 5.74) is 0.935. The van der Waals surface area contributed by atoms with Gasteiger partial charge in [-0.05, 0) is 38.0 Å². The molecule has 0 aliphatic heterocycles. The van der Waals surface area contributed by atoms with Crippen molar-refractivity contribution in [3.63, 3.8) is 0 Å². The zero-order chi connectivity index (χ0) is 13.8. The summed E-state index contributed by atoms with van der Waals surface area (Å²) in [5.74, 6) is -0.193. The molecular formula is C13H18F3NO. The third-order valence-corrected chi connectivity index (χ3v) is 2.76. The van der Waals surface area contributed by atoms with E-state index in [0.29, 0.717) is 6.04 Å². The maximum absolute atomic E-state index is 12.0. The highest BCUT2D eigenvalue weighted by Crippen LogP contribution is 2.24. The van der Waals surface area contributed by atoms with Crippen LogP contribution in [0.5, 0.6) is 5.75 Å². The minimum Gasteiger partial charge on any atom is -0.406 e. The lowest BCUT2D eigenvalue weighted by Gasteiger charge is -2.19. The van der Waals surface area contributed by atoms with Gasteiger partial charge in [0.2, 0.25) is 0 Å². The molecule has 0 radical (unpaired) electrons. The maximum Gasteiger partial charge on any atom is 0.573 e. The molecule has 1 rings (SSSR count). The molecule has 5 heteroatoms. The first-order valence-corrected chi connectivity index (χ1v) is 5.93. The maximum atomic E-state index is 12.0. The molecule has 1 aromatic rings. The van der Waals surface area contributed by atoms with Crippen molar-refractivity contribution >= 4 is 0 Å². The molecule has 0 bridgehead atoms. The highest BCUT2D eigenvalue weighted by atomic mass is 19.4. The number of hydrogen-bond acceptors (Lipinski definition) is 2. The van der Waals surface area contributed by atoms with Crippen molar-refractivity contribution in [2.24, 2.45) is 0 Å². The molecule has 2 unspecified atom stereocenters. The van der Waals surface area contributed by atoms with Crippen LogP contribution in [0.2, 0.25) is 0 Å². The minimum atomic E-state index is -4.64. The second kappa shape index (κ2) is 6.09. The van der Waals surface area contributed by atoms with Gasteiger partial charge in [0, 0.05) is 12.1 Å². The minimum absolute atomic E-state index is 0.0971. The number of hydrogen-bond donors (Lipinski definition) is 1. The predicted molar refractivity (Wildman–Crippen MR) is 64.4 cm³/mol. The van der Waals surface area contributed by atoms with E-state index in [-0.39, 0.29) is 11.8 Å². The van der Waals surface area contributed by atoms with Crippen molar-refractivity contribution in [1.29, 1.82) is 0 Å². The average Bonchev–Trinajstić information content (AvgIpc) is 2.27. The topological polar surface area (TPSA) is 21.3 Å². The number of nitrogens with one attached hydrogen (secondary N) is 1. The van der Waals surface area contributed by atoms with E-state index in [1.54, 1.807) is 12.1 Å². The van der Waals surface area contributed by atoms with Gasteiger partial charge in [0.25, 0.3) is 0 Å². The monoisotopic (exact) mass is 261 g/mol. The van der Waals surface area contributed by atoms with Crippen LogP contribution in [0.3, 0.4) is 0 Å². The van der Waals surface area contributed by atoms with Crippen molar-refractivity contribution in [1.82, 2.24) is 5.32 Å². The summed E-state index contributed by atoms with van der Waals surface area (Å²) in [4.78, 5) is 0. The molecule has 0 aliphatic carbocycles. The van der Waals surface area contributed by atoms with E-state index in [1.165, 1.54) is 12.1 Å². The Morgan fingerprint density at radius 3 is 2.17 bits per heavy atom. The number of halogens is 3. The quantitative estimate of drug-likeness (QED) is 0.863. The number of alkyl halides is 3. The first-order chi connectivity index (χ1) is 8.31. The highest BCUT2D eigenvalue weighted by molar-refractivity contribution is 5.29. The molecule has 0 saturated heterocycles. The molecular weight excluding hydrogens is 243 g/mol. The largest absolute Gasteiger partial charge is 0.573 e. The fraction of sp³-hybridized carbons (Fsp3) is 0.538. The van der Waals surface area contributed by atoms with Crippen LogP contribution in [0.15, 0.2) is 24.3 Å². The van der Waals surface area contributed by atoms with Crippen molar-refractivity contribution in [2.45, 2.75) is 45.6 Å². The van der Waals surface area contributed by atoms with E-state index in [0.717, 1.165) is 12.0 Å². The Morgan fingerprint density at radius 2 is 1.72 bits per heavy atom. The van der Waals surface area contributed by atoms with Gasteiger partial charge in [-0.25, -0.2) is 0 Å². The number of benzene rings is 1. The van der Waals surface area contributed by atoms with Gasteiger partial charge in [0.15, 0.2) is 0 Å². The van der Waals surface area contributed by atoms with Crippen molar-refractivity contribution in [2.75, 3.05) is 0 Å². The second-order valence-corrected chi connectivity index (χ2v) is 4.31. The Kier molecular flexibility index (Phi) is 5.02. The molecule has 0 aromatic heterocycles. The first kappa shape index (κ1) is 14.8. The van der Waals surface area contributed by atoms with Gasteiger partial charge in [-0.3, -0.25) is 0 Å². The molecule has 18 heavy (non-hydrogen) atoms. The standard InChI is InChI=1S/C13H18F3NO/c1-4-9(2)17-10(3)11-5-7-12(8-6-11)18-13(14,15)16/h5-10,17H,4H2,1-3H3. The Hall–Kier alpha value is -1.23. The lowest BCUT2D eigenvalue weighted by molar-refractivity contribution is -0.274. The van der Waals surface area contributed by atoms with E-state index in [4.69, 9.17) is 0 Å². The van der Waals surface area contributed by atoms with Crippen LogP contribution in [0, 0.1) is 0 Å². The van der Waals surface area contributed by atoms with Gasteiger partial charge in [-0.2, -0.15) is 0 Å². The molecule has 2 atom stereocenters. The summed E-state index contributed by atoms with van der Waals surface area (Å²) in [6, 6.07) is 6.41. The van der Waals surface area contributed by atoms with Gasteiger partial charge < -0.3 is 10.1 Å². The van der Waals surface area contributed by atoms with Crippen molar-refractivity contribution in [3.05, 3.63) is 29.8 Å². The Balaban J connectivity index is 2.65. The summed E-state index contributed by atoms with van der Waals surface area (Å²) in [5, 5.41) is 3.35. The third kappa shape index (κ3) is 4.96. The SMILES string of the molecule is CCC(C)NC(C)c1ccc(OC(F)(F)F)cc1. The van der Waals surface area contributed by atoms with Crippen LogP contribution in [-0.2, 0) is 0 Å². The van der Waals surface area contributed by atoms with E-state index in [1.807, 2.05) is 6.92 Å². The molecule has 0 amide bonds. The summed E-state index contributed by atoms with van der Waals surface area (Å²) < 4.78 is 39.8. The van der Waals surface area contributed by atoms with Gasteiger partial charge in [0.1, 0.15) is 5.75 Å². The average molecular weight is 261 g/mol. The Bertz CT molecular complexity index is 361. The summed E-state index contributed by atoms with van der Waals surface area (Å²) in [6.07, 6.45) is -3.64. The zero-order valence-electron chi connectivity index (χ0n) is 10.7. The molecule has 102 valence electrons. The van der Waals surface area contributed by atoms with Crippen LogP contribution in [0.4, 0.5) is 13.2 Å². The highest BCUT2D eigenvalue weighted by Gasteiger charge is 2.30. The van der Waals surface area contributed by atoms with Gasteiger partial charge >= 0.3 is 6.36 Å². The molecule has 1 N–H and O–H groups in total. The van der Waals surface area contributed by atoms with E-state index < -0.39 is 6.36 Å². The van der Waals surface area contributed by atoms with E-state index in [9.17, 15) is 13.2 Å². The number of rotatable bonds is 5. The Morgan fingerprint density at radius 1 is 1.17 bits per heavy atom. The normalized spacial score (nSPS) is 15.2. The molecule has 0 saturated carbocycles. The summed E-state index contributed by atoms with van der Waals surface area (Å²) >= 11 is 0. The molecule has 0 fully saturated rings. The molecule has 0 heterocycles. The van der Waals surface area contributed by atoms with Gasteiger partial charge in [-0.1, -0.05) is 19.1 Å². The van der Waals surface area contributed by atoms with Crippen molar-refractivity contribution < 1.29 is 17.9 Å². The van der Waals surface area contributed by atoms with E-state index >= 15 is 0 Å². The summed E-state index contributed by atoms with van der Waals surface area (Å²) in [6.45, 7) is 6.12. The van der Waals surface area contributed by atoms with Crippen LogP contribution in [0.25, 0.3) is 0 Å². The van der Waals surface area contributed by atoms with Gasteiger partial charge in [0.05, 0.1) is 0 Å². The van der Waals surface area contributed by atoms with Crippen LogP contribution in [-0.4, -0.2) is 12.4 Å². The fourth-order valence-corrected chi connectivity index (χ4v) is 1.60. The first-order valence-electron chi connectivity index (χ1n) is 5.93. The molecule has 0 spiro atoms. The van der Waals surface area contributed by atoms with Crippen molar-refractivity contribution in [3.8, 4) is 5.75 Å². The zero-order valence-corrected chi connectivity index (χ0v) is 10.7. The smallest absolute Gasteiger partial charge is 0.406 e. The van der Waals surface area contributed by atoms with Crippen LogP contribution < -0.4 is 10.1 Å². The predicted octanol–water partition coefficient (Wildman–Crippen LogP) is 4.03. The summed E-state index contributed by atoms with van der Waals surface area (Å²) in [7, 11) is 0. The molecule has 1 aromatic carbocycles. The molecule has 2 nitrogen and oxygen atoms in total. The Labute approximate surface area is 105 Å². The molecule has 0 aliphatic rings. The van der Waals surface area contributed by atoms with Crippen LogP contribution in [0.1, 0.15) is 38.8 Å². The lowest BCUT2D eigenvalue weighted by Crippen LogP contribution is -2.28. The third-order valence-electron chi connectivity index (χ3n) is 2.76.